The summed E-state index contributed by atoms with van der Waals surface area (Å²) in [6.07, 6.45) is 3.75. The van der Waals surface area contributed by atoms with Crippen LogP contribution in [0.1, 0.15) is 30.0 Å². The Morgan fingerprint density at radius 3 is 1.82 bits per heavy atom. The highest BCUT2D eigenvalue weighted by Crippen LogP contribution is 2.20. The molecule has 0 bridgehead atoms. The van der Waals surface area contributed by atoms with Gasteiger partial charge in [-0.25, -0.2) is 4.79 Å². The number of carbonyl (C=O) groups excluding carboxylic acids is 1. The third-order valence-corrected chi connectivity index (χ3v) is 5.54. The van der Waals surface area contributed by atoms with Crippen molar-refractivity contribution in [3.8, 4) is 0 Å². The van der Waals surface area contributed by atoms with E-state index >= 15 is 0 Å². The monoisotopic (exact) mass is 443 g/mol. The van der Waals surface area contributed by atoms with Crippen molar-refractivity contribution in [1.82, 2.24) is 4.90 Å². The Balaban J connectivity index is 1.85. The van der Waals surface area contributed by atoms with Crippen LogP contribution in [0.4, 0.5) is 0 Å². The summed E-state index contributed by atoms with van der Waals surface area (Å²) in [6, 6.07) is 30.4. The van der Waals surface area contributed by atoms with E-state index in [1.807, 2.05) is 61.5 Å². The molecule has 0 heterocycles. The lowest BCUT2D eigenvalue weighted by Gasteiger charge is -2.35. The van der Waals surface area contributed by atoms with Crippen molar-refractivity contribution >= 4 is 5.97 Å². The summed E-state index contributed by atoms with van der Waals surface area (Å²) in [4.78, 5) is 14.3. The summed E-state index contributed by atoms with van der Waals surface area (Å²) >= 11 is 0. The van der Waals surface area contributed by atoms with Crippen LogP contribution in [-0.4, -0.2) is 34.7 Å². The number of ether oxygens (including phenoxy) is 1. The highest BCUT2D eigenvalue weighted by atomic mass is 16.5. The second-order valence-electron chi connectivity index (χ2n) is 8.14. The lowest BCUT2D eigenvalue weighted by molar-refractivity contribution is -0.142. The van der Waals surface area contributed by atoms with Crippen molar-refractivity contribution in [3.63, 3.8) is 0 Å². The number of carbonyl (C=O) groups is 1. The van der Waals surface area contributed by atoms with E-state index in [9.17, 15) is 9.90 Å². The lowest BCUT2D eigenvalue weighted by Crippen LogP contribution is -2.46. The van der Waals surface area contributed by atoms with Gasteiger partial charge in [0.05, 0.1) is 0 Å². The van der Waals surface area contributed by atoms with Crippen LogP contribution < -0.4 is 0 Å². The maximum Gasteiger partial charge on any atom is 0.330 e. The van der Waals surface area contributed by atoms with Crippen LogP contribution in [0.2, 0.25) is 0 Å². The van der Waals surface area contributed by atoms with Gasteiger partial charge in [-0.2, -0.15) is 0 Å². The molecule has 0 aliphatic rings. The van der Waals surface area contributed by atoms with Crippen LogP contribution in [0.3, 0.4) is 0 Å². The molecule has 0 aliphatic carbocycles. The smallest absolute Gasteiger partial charge is 0.330 e. The molecule has 1 N–H and O–H groups in total. The molecular weight excluding hydrogens is 410 g/mol. The molecule has 2 atom stereocenters. The first-order valence-corrected chi connectivity index (χ1v) is 11.5. The van der Waals surface area contributed by atoms with E-state index in [4.69, 9.17) is 4.74 Å². The summed E-state index contributed by atoms with van der Waals surface area (Å²) in [6.45, 7) is 3.26. The normalized spacial score (nSPS) is 13.2. The van der Waals surface area contributed by atoms with E-state index in [-0.39, 0.29) is 12.6 Å². The van der Waals surface area contributed by atoms with Gasteiger partial charge < -0.3 is 9.84 Å². The molecule has 0 amide bonds. The fourth-order valence-corrected chi connectivity index (χ4v) is 3.83. The van der Waals surface area contributed by atoms with Crippen molar-refractivity contribution in [1.29, 1.82) is 0 Å². The summed E-state index contributed by atoms with van der Waals surface area (Å²) in [5.74, 6) is -0.424. The quantitative estimate of drug-likeness (QED) is 0.310. The van der Waals surface area contributed by atoms with E-state index in [2.05, 4.69) is 41.3 Å². The summed E-state index contributed by atoms with van der Waals surface area (Å²) in [5.41, 5.74) is 3.47. The van der Waals surface area contributed by atoms with Gasteiger partial charge in [0.1, 0.15) is 12.7 Å². The minimum atomic E-state index is -0.836. The topological polar surface area (TPSA) is 49.8 Å². The average molecular weight is 444 g/mol. The molecule has 0 unspecified atom stereocenters. The van der Waals surface area contributed by atoms with Crippen LogP contribution in [0, 0.1) is 0 Å². The van der Waals surface area contributed by atoms with Crippen molar-refractivity contribution in [2.45, 2.75) is 45.0 Å². The fraction of sp³-hybridized carbons (Fsp3) is 0.276. The van der Waals surface area contributed by atoms with Crippen LogP contribution in [0.25, 0.3) is 0 Å². The first-order valence-electron chi connectivity index (χ1n) is 11.5. The molecule has 0 fully saturated rings. The Labute approximate surface area is 197 Å². The van der Waals surface area contributed by atoms with Crippen molar-refractivity contribution in [2.24, 2.45) is 0 Å². The van der Waals surface area contributed by atoms with Crippen LogP contribution in [0.15, 0.2) is 103 Å². The number of allylic oxidation sites excluding steroid dienone is 1. The Morgan fingerprint density at radius 2 is 1.33 bits per heavy atom. The molecular formula is C29H33NO3. The van der Waals surface area contributed by atoms with Gasteiger partial charge in [0.25, 0.3) is 0 Å². The van der Waals surface area contributed by atoms with Crippen molar-refractivity contribution in [2.75, 3.05) is 6.61 Å². The second kappa shape index (κ2) is 13.4. The second-order valence-corrected chi connectivity index (χ2v) is 8.14. The first-order chi connectivity index (χ1) is 16.2. The summed E-state index contributed by atoms with van der Waals surface area (Å²) < 4.78 is 5.37. The Morgan fingerprint density at radius 1 is 0.848 bits per heavy atom. The number of hydrogen-bond acceptors (Lipinski definition) is 4. The van der Waals surface area contributed by atoms with Gasteiger partial charge in [-0.15, -0.1) is 0 Å². The number of hydrogen-bond donors (Lipinski definition) is 1. The fourth-order valence-electron chi connectivity index (χ4n) is 3.83. The number of rotatable bonds is 12. The van der Waals surface area contributed by atoms with Crippen molar-refractivity contribution < 1.29 is 14.6 Å². The van der Waals surface area contributed by atoms with E-state index in [0.29, 0.717) is 19.5 Å². The van der Waals surface area contributed by atoms with Gasteiger partial charge in [-0.1, -0.05) is 104 Å². The predicted molar refractivity (Wildman–Crippen MR) is 132 cm³/mol. The van der Waals surface area contributed by atoms with E-state index < -0.39 is 12.1 Å². The molecule has 0 saturated carbocycles. The molecule has 4 nitrogen and oxygen atoms in total. The maximum atomic E-state index is 12.0. The zero-order chi connectivity index (χ0) is 23.3. The van der Waals surface area contributed by atoms with E-state index in [1.165, 1.54) is 17.2 Å². The standard InChI is InChI=1S/C29H33NO3/c1-2-3-19-29(32)33-23-28(31)27(20-24-13-7-4-8-14-24)30(21-25-15-9-5-10-16-25)22-26-17-11-6-12-18-26/h3-19,27-28,31H,2,20-23H2,1H3/b19-3+/t27-,28+/m0/s1. The number of esters is 1. The SMILES string of the molecule is CC/C=C/C(=O)OC[C@@H](O)[C@H](Cc1ccccc1)N(Cc1ccccc1)Cc1ccccc1. The number of aliphatic hydroxyl groups is 1. The number of nitrogens with zero attached hydrogens (tertiary/aromatic N) is 1. The van der Waals surface area contributed by atoms with Crippen molar-refractivity contribution in [3.05, 3.63) is 120 Å². The van der Waals surface area contributed by atoms with Gasteiger partial charge >= 0.3 is 5.97 Å². The molecule has 0 radical (unpaired) electrons. The molecule has 3 rings (SSSR count). The molecule has 0 spiro atoms. The third kappa shape index (κ3) is 8.33. The van der Waals surface area contributed by atoms with Crippen LogP contribution >= 0.6 is 0 Å². The third-order valence-electron chi connectivity index (χ3n) is 5.54. The number of benzene rings is 3. The average Bonchev–Trinajstić information content (AvgIpc) is 2.86. The first kappa shape index (κ1) is 24.4. The largest absolute Gasteiger partial charge is 0.460 e. The van der Waals surface area contributed by atoms with E-state index in [1.54, 1.807) is 6.08 Å². The van der Waals surface area contributed by atoms with Gasteiger partial charge in [0.15, 0.2) is 0 Å². The molecule has 0 aliphatic heterocycles. The molecule has 4 heteroatoms. The zero-order valence-electron chi connectivity index (χ0n) is 19.2. The molecule has 3 aromatic carbocycles. The Bertz CT molecular complexity index is 932. The highest BCUT2D eigenvalue weighted by Gasteiger charge is 2.28. The molecule has 3 aromatic rings. The minimum absolute atomic E-state index is 0.0511. The van der Waals surface area contributed by atoms with E-state index in [0.717, 1.165) is 12.0 Å². The molecule has 33 heavy (non-hydrogen) atoms. The van der Waals surface area contributed by atoms with Gasteiger partial charge in [-0.3, -0.25) is 4.90 Å². The number of aliphatic hydroxyl groups excluding tert-OH is 1. The highest BCUT2D eigenvalue weighted by molar-refractivity contribution is 5.81. The van der Waals surface area contributed by atoms with Crippen LogP contribution in [-0.2, 0) is 29.0 Å². The summed E-state index contributed by atoms with van der Waals surface area (Å²) in [7, 11) is 0. The molecule has 0 saturated heterocycles. The zero-order valence-corrected chi connectivity index (χ0v) is 19.2. The maximum absolute atomic E-state index is 12.0. The van der Waals surface area contributed by atoms with Crippen LogP contribution in [0.5, 0.6) is 0 Å². The predicted octanol–water partition coefficient (Wildman–Crippen LogP) is 5.17. The Hall–Kier alpha value is -3.21. The van der Waals surface area contributed by atoms with Gasteiger partial charge in [0, 0.05) is 25.2 Å². The Kier molecular flexibility index (Phi) is 9.89. The van der Waals surface area contributed by atoms with Gasteiger partial charge in [0.2, 0.25) is 0 Å². The summed E-state index contributed by atoms with van der Waals surface area (Å²) in [5, 5.41) is 11.2. The molecule has 172 valence electrons. The molecule has 0 aromatic heterocycles. The minimum Gasteiger partial charge on any atom is -0.460 e. The van der Waals surface area contributed by atoms with Gasteiger partial charge in [-0.05, 0) is 29.5 Å². The lowest BCUT2D eigenvalue weighted by atomic mass is 9.98.